The molecule has 1 rings (SSSR count). The molecule has 0 aliphatic heterocycles. The van der Waals surface area contributed by atoms with E-state index in [-0.39, 0.29) is 12.0 Å². The van der Waals surface area contributed by atoms with E-state index in [0.29, 0.717) is 24.5 Å². The Bertz CT molecular complexity index is 141. The summed E-state index contributed by atoms with van der Waals surface area (Å²) < 4.78 is 0. The average Bonchev–Trinajstić information content (AvgIpc) is 1.81. The first-order valence-corrected chi connectivity index (χ1v) is 3.69. The highest BCUT2D eigenvalue weighted by molar-refractivity contribution is 5.84. The minimum Gasteiger partial charge on any atom is -0.396 e. The van der Waals surface area contributed by atoms with Crippen molar-refractivity contribution >= 4 is 5.78 Å². The summed E-state index contributed by atoms with van der Waals surface area (Å²) in [5.74, 6) is 0.761. The topological polar surface area (TPSA) is 37.3 Å². The molecule has 0 bridgehead atoms. The highest BCUT2D eigenvalue weighted by Gasteiger charge is 2.38. The molecule has 58 valence electrons. The third-order valence-electron chi connectivity index (χ3n) is 2.46. The zero-order chi connectivity index (χ0) is 7.78. The van der Waals surface area contributed by atoms with Crippen molar-refractivity contribution < 1.29 is 9.90 Å². The van der Waals surface area contributed by atoms with Crippen molar-refractivity contribution in [1.29, 1.82) is 0 Å². The Morgan fingerprint density at radius 1 is 1.60 bits per heavy atom. The van der Waals surface area contributed by atoms with Crippen LogP contribution in [-0.4, -0.2) is 17.5 Å². The van der Waals surface area contributed by atoms with Crippen LogP contribution in [0, 0.1) is 11.3 Å². The SMILES string of the molecule is CC(C)(CO)C1CC(=O)C1. The van der Waals surface area contributed by atoms with Crippen LogP contribution in [0.25, 0.3) is 0 Å². The molecule has 0 amide bonds. The Morgan fingerprint density at radius 3 is 2.40 bits per heavy atom. The number of Topliss-reactive ketones (excluding diaryl/α,β-unsaturated/α-hetero) is 1. The Kier molecular flexibility index (Phi) is 1.82. The molecule has 0 unspecified atom stereocenters. The molecule has 0 spiro atoms. The van der Waals surface area contributed by atoms with Gasteiger partial charge in [-0.25, -0.2) is 0 Å². The van der Waals surface area contributed by atoms with Gasteiger partial charge in [-0.05, 0) is 11.3 Å². The van der Waals surface area contributed by atoms with Gasteiger partial charge < -0.3 is 5.11 Å². The Labute approximate surface area is 61.2 Å². The number of aliphatic hydroxyl groups is 1. The largest absolute Gasteiger partial charge is 0.396 e. The van der Waals surface area contributed by atoms with Crippen molar-refractivity contribution in [3.63, 3.8) is 0 Å². The Balaban J connectivity index is 2.43. The van der Waals surface area contributed by atoms with Crippen molar-refractivity contribution in [3.05, 3.63) is 0 Å². The van der Waals surface area contributed by atoms with E-state index in [1.54, 1.807) is 0 Å². The van der Waals surface area contributed by atoms with Crippen molar-refractivity contribution in [1.82, 2.24) is 0 Å². The number of hydrogen-bond acceptors (Lipinski definition) is 2. The maximum atomic E-state index is 10.6. The first-order valence-electron chi connectivity index (χ1n) is 3.69. The van der Waals surface area contributed by atoms with E-state index in [1.807, 2.05) is 13.8 Å². The van der Waals surface area contributed by atoms with E-state index in [1.165, 1.54) is 0 Å². The molecule has 0 aromatic carbocycles. The smallest absolute Gasteiger partial charge is 0.133 e. The summed E-state index contributed by atoms with van der Waals surface area (Å²) in [7, 11) is 0. The number of carbonyl (C=O) groups excluding carboxylic acids is 1. The third-order valence-corrected chi connectivity index (χ3v) is 2.46. The van der Waals surface area contributed by atoms with Crippen molar-refractivity contribution in [2.75, 3.05) is 6.61 Å². The van der Waals surface area contributed by atoms with Crippen LogP contribution in [0.1, 0.15) is 26.7 Å². The molecule has 0 heterocycles. The molecule has 2 heteroatoms. The van der Waals surface area contributed by atoms with Crippen LogP contribution in [0.15, 0.2) is 0 Å². The van der Waals surface area contributed by atoms with Crippen LogP contribution < -0.4 is 0 Å². The molecule has 1 saturated carbocycles. The maximum Gasteiger partial charge on any atom is 0.133 e. The van der Waals surface area contributed by atoms with E-state index in [4.69, 9.17) is 5.11 Å². The fraction of sp³-hybridized carbons (Fsp3) is 0.875. The highest BCUT2D eigenvalue weighted by atomic mass is 16.3. The molecule has 0 saturated heterocycles. The zero-order valence-electron chi connectivity index (χ0n) is 6.55. The van der Waals surface area contributed by atoms with Gasteiger partial charge >= 0.3 is 0 Å². The summed E-state index contributed by atoms with van der Waals surface area (Å²) >= 11 is 0. The summed E-state index contributed by atoms with van der Waals surface area (Å²) in [6.07, 6.45) is 1.35. The lowest BCUT2D eigenvalue weighted by Gasteiger charge is -2.37. The Morgan fingerprint density at radius 2 is 2.10 bits per heavy atom. The van der Waals surface area contributed by atoms with Crippen LogP contribution in [0.3, 0.4) is 0 Å². The molecule has 0 radical (unpaired) electrons. The second kappa shape index (κ2) is 2.35. The molecule has 0 aromatic rings. The summed E-state index contributed by atoms with van der Waals surface area (Å²) in [6, 6.07) is 0. The predicted octanol–water partition coefficient (Wildman–Crippen LogP) is 0.984. The van der Waals surface area contributed by atoms with Crippen LogP contribution in [0.5, 0.6) is 0 Å². The third kappa shape index (κ3) is 1.21. The minimum atomic E-state index is -0.0477. The van der Waals surface area contributed by atoms with Gasteiger partial charge in [0.15, 0.2) is 0 Å². The molecule has 0 atom stereocenters. The quantitative estimate of drug-likeness (QED) is 0.624. The van der Waals surface area contributed by atoms with Gasteiger partial charge in [-0.1, -0.05) is 13.8 Å². The van der Waals surface area contributed by atoms with Gasteiger partial charge in [-0.2, -0.15) is 0 Å². The fourth-order valence-electron chi connectivity index (χ4n) is 1.17. The summed E-state index contributed by atoms with van der Waals surface area (Å²) in [5.41, 5.74) is -0.0477. The number of hydrogen-bond donors (Lipinski definition) is 1. The van der Waals surface area contributed by atoms with Crippen molar-refractivity contribution in [2.45, 2.75) is 26.7 Å². The standard InChI is InChI=1S/C8H14O2/c1-8(2,5-9)6-3-7(10)4-6/h6,9H,3-5H2,1-2H3. The number of ketones is 1. The van der Waals surface area contributed by atoms with Crippen LogP contribution in [0.2, 0.25) is 0 Å². The maximum absolute atomic E-state index is 10.6. The first-order chi connectivity index (χ1) is 4.56. The average molecular weight is 142 g/mol. The number of rotatable bonds is 2. The van der Waals surface area contributed by atoms with Gasteiger partial charge in [0, 0.05) is 19.4 Å². The van der Waals surface area contributed by atoms with Gasteiger partial charge in [0.05, 0.1) is 0 Å². The minimum absolute atomic E-state index is 0.0477. The summed E-state index contributed by atoms with van der Waals surface area (Å²) in [4.78, 5) is 10.6. The van der Waals surface area contributed by atoms with E-state index >= 15 is 0 Å². The molecule has 0 aromatic heterocycles. The van der Waals surface area contributed by atoms with Gasteiger partial charge in [-0.15, -0.1) is 0 Å². The molecule has 1 N–H and O–H groups in total. The summed E-state index contributed by atoms with van der Waals surface area (Å²) in [6.45, 7) is 4.19. The molecular formula is C8H14O2. The second-order valence-electron chi connectivity index (χ2n) is 3.79. The van der Waals surface area contributed by atoms with Crippen molar-refractivity contribution in [3.8, 4) is 0 Å². The van der Waals surface area contributed by atoms with E-state index < -0.39 is 0 Å². The van der Waals surface area contributed by atoms with Crippen LogP contribution >= 0.6 is 0 Å². The monoisotopic (exact) mass is 142 g/mol. The normalized spacial score (nSPS) is 20.9. The predicted molar refractivity (Wildman–Crippen MR) is 38.6 cm³/mol. The fourth-order valence-corrected chi connectivity index (χ4v) is 1.17. The molecule has 10 heavy (non-hydrogen) atoms. The van der Waals surface area contributed by atoms with E-state index in [0.717, 1.165) is 0 Å². The van der Waals surface area contributed by atoms with Crippen LogP contribution in [0.4, 0.5) is 0 Å². The van der Waals surface area contributed by atoms with Gasteiger partial charge in [0.1, 0.15) is 5.78 Å². The lowest BCUT2D eigenvalue weighted by Crippen LogP contribution is -2.38. The summed E-state index contributed by atoms with van der Waals surface area (Å²) in [5, 5.41) is 8.90. The lowest BCUT2D eigenvalue weighted by molar-refractivity contribution is -0.131. The first kappa shape index (κ1) is 7.73. The number of aliphatic hydroxyl groups excluding tert-OH is 1. The van der Waals surface area contributed by atoms with E-state index in [9.17, 15) is 4.79 Å². The zero-order valence-corrected chi connectivity index (χ0v) is 6.55. The van der Waals surface area contributed by atoms with Crippen LogP contribution in [-0.2, 0) is 4.79 Å². The number of carbonyl (C=O) groups is 1. The van der Waals surface area contributed by atoms with Crippen molar-refractivity contribution in [2.24, 2.45) is 11.3 Å². The van der Waals surface area contributed by atoms with E-state index in [2.05, 4.69) is 0 Å². The Hall–Kier alpha value is -0.370. The second-order valence-corrected chi connectivity index (χ2v) is 3.79. The molecular weight excluding hydrogens is 128 g/mol. The van der Waals surface area contributed by atoms with Gasteiger partial charge in [0.25, 0.3) is 0 Å². The molecule has 1 aliphatic rings. The molecule has 2 nitrogen and oxygen atoms in total. The van der Waals surface area contributed by atoms with Gasteiger partial charge in [0.2, 0.25) is 0 Å². The van der Waals surface area contributed by atoms with Gasteiger partial charge in [-0.3, -0.25) is 4.79 Å². The highest BCUT2D eigenvalue weighted by Crippen LogP contribution is 2.38. The lowest BCUT2D eigenvalue weighted by atomic mass is 9.67. The molecule has 1 aliphatic carbocycles. The molecule has 1 fully saturated rings.